The highest BCUT2D eigenvalue weighted by Crippen LogP contribution is 2.28. The van der Waals surface area contributed by atoms with Crippen molar-refractivity contribution in [3.63, 3.8) is 0 Å². The molecule has 0 aromatic heterocycles. The van der Waals surface area contributed by atoms with Crippen LogP contribution in [-0.2, 0) is 32.8 Å². The molecule has 1 aliphatic heterocycles. The van der Waals surface area contributed by atoms with Crippen LogP contribution in [0.25, 0.3) is 0 Å². The first kappa shape index (κ1) is 25.5. The largest absolute Gasteiger partial charge is 0.497 e. The first-order valence-electron chi connectivity index (χ1n) is 11.3. The highest BCUT2D eigenvalue weighted by molar-refractivity contribution is 7.91. The number of hydrogen-bond acceptors (Lipinski definition) is 6. The first-order chi connectivity index (χ1) is 16.3. The van der Waals surface area contributed by atoms with Gasteiger partial charge in [-0.2, -0.15) is 8.42 Å². The van der Waals surface area contributed by atoms with Gasteiger partial charge >= 0.3 is 10.2 Å². The highest BCUT2D eigenvalue weighted by Gasteiger charge is 2.42. The quantitative estimate of drug-likeness (QED) is 0.466. The molecule has 1 aliphatic rings. The van der Waals surface area contributed by atoms with E-state index in [1.807, 2.05) is 0 Å². The summed E-state index contributed by atoms with van der Waals surface area (Å²) in [6.07, 6.45) is 3.37. The van der Waals surface area contributed by atoms with Crippen molar-refractivity contribution in [2.24, 2.45) is 5.73 Å². The van der Waals surface area contributed by atoms with Crippen LogP contribution in [0, 0.1) is 0 Å². The molecule has 1 saturated heterocycles. The lowest BCUT2D eigenvalue weighted by atomic mass is 10.1. The second-order valence-electron chi connectivity index (χ2n) is 8.24. The number of nitrogens with two attached hydrogens (primary N) is 1. The molecule has 0 radical (unpaired) electrons. The predicted molar refractivity (Wildman–Crippen MR) is 130 cm³/mol. The molecule has 1 heterocycles. The van der Waals surface area contributed by atoms with Gasteiger partial charge in [0.2, 0.25) is 5.91 Å². The Morgan fingerprint density at radius 1 is 1.09 bits per heavy atom. The minimum atomic E-state index is -4.01. The molecule has 2 aromatic carbocycles. The summed E-state index contributed by atoms with van der Waals surface area (Å²) in [6.45, 7) is 2.38. The maximum absolute atomic E-state index is 13.1. The molecule has 10 heteroatoms. The van der Waals surface area contributed by atoms with E-state index in [0.717, 1.165) is 33.4 Å². The minimum absolute atomic E-state index is 0.0536. The van der Waals surface area contributed by atoms with E-state index in [2.05, 4.69) is 12.2 Å². The number of methoxy groups -OCH3 is 1. The fraction of sp³-hybridized carbons (Fsp3) is 0.417. The van der Waals surface area contributed by atoms with Crippen molar-refractivity contribution in [3.8, 4) is 5.75 Å². The van der Waals surface area contributed by atoms with Crippen LogP contribution in [0.1, 0.15) is 37.3 Å². The molecule has 0 aliphatic carbocycles. The van der Waals surface area contributed by atoms with Crippen molar-refractivity contribution in [1.82, 2.24) is 9.62 Å². The molecule has 1 atom stereocenters. The smallest absolute Gasteiger partial charge is 0.329 e. The van der Waals surface area contributed by atoms with Crippen LogP contribution in [0.5, 0.6) is 5.75 Å². The number of benzene rings is 2. The summed E-state index contributed by atoms with van der Waals surface area (Å²) in [6, 6.07) is 12.9. The Morgan fingerprint density at radius 3 is 2.35 bits per heavy atom. The molecular weight excluding hydrogens is 456 g/mol. The van der Waals surface area contributed by atoms with Gasteiger partial charge in [-0.1, -0.05) is 44.0 Å². The van der Waals surface area contributed by atoms with E-state index in [4.69, 9.17) is 10.5 Å². The molecule has 3 rings (SSSR count). The molecule has 184 valence electrons. The Balaban J connectivity index is 1.63. The molecule has 1 unspecified atom stereocenters. The van der Waals surface area contributed by atoms with Crippen molar-refractivity contribution in [2.75, 3.05) is 24.5 Å². The first-order valence-corrected chi connectivity index (χ1v) is 12.7. The molecule has 0 spiro atoms. The van der Waals surface area contributed by atoms with Crippen LogP contribution in [0.3, 0.4) is 0 Å². The summed E-state index contributed by atoms with van der Waals surface area (Å²) in [4.78, 5) is 24.7. The molecule has 0 saturated carbocycles. The zero-order chi connectivity index (χ0) is 24.7. The van der Waals surface area contributed by atoms with Crippen molar-refractivity contribution >= 4 is 27.7 Å². The molecule has 9 nitrogen and oxygen atoms in total. The molecule has 0 bridgehead atoms. The average molecular weight is 489 g/mol. The second kappa shape index (κ2) is 11.3. The van der Waals surface area contributed by atoms with Gasteiger partial charge in [0.1, 0.15) is 12.3 Å². The molecule has 3 N–H and O–H groups in total. The van der Waals surface area contributed by atoms with Crippen molar-refractivity contribution in [1.29, 1.82) is 0 Å². The maximum atomic E-state index is 13.1. The third kappa shape index (κ3) is 6.06. The predicted octanol–water partition coefficient (Wildman–Crippen LogP) is 1.97. The zero-order valence-electron chi connectivity index (χ0n) is 19.6. The lowest BCUT2D eigenvalue weighted by Crippen LogP contribution is -2.42. The van der Waals surface area contributed by atoms with Gasteiger partial charge in [-0.15, -0.1) is 0 Å². The number of carbonyl (C=O) groups is 2. The molecular formula is C24H32N4O5S. The van der Waals surface area contributed by atoms with Gasteiger partial charge in [-0.3, -0.25) is 9.59 Å². The summed E-state index contributed by atoms with van der Waals surface area (Å²) < 4.78 is 33.2. The Morgan fingerprint density at radius 2 is 1.74 bits per heavy atom. The summed E-state index contributed by atoms with van der Waals surface area (Å²) in [5.74, 6) is -0.0569. The number of anilines is 1. The Bertz CT molecular complexity index is 1090. The number of hydrogen-bond donors (Lipinski definition) is 2. The van der Waals surface area contributed by atoms with Gasteiger partial charge < -0.3 is 15.8 Å². The molecule has 1 fully saturated rings. The fourth-order valence-corrected chi connectivity index (χ4v) is 5.21. The monoisotopic (exact) mass is 488 g/mol. The Hall–Kier alpha value is -3.11. The number of nitrogens with one attached hydrogen (secondary N) is 1. The fourth-order valence-electron chi connectivity index (χ4n) is 3.68. The minimum Gasteiger partial charge on any atom is -0.497 e. The number of carbonyl (C=O) groups excluding carboxylic acids is 2. The van der Waals surface area contributed by atoms with E-state index in [1.54, 1.807) is 55.6 Å². The van der Waals surface area contributed by atoms with E-state index in [9.17, 15) is 18.0 Å². The zero-order valence-corrected chi connectivity index (χ0v) is 20.4. The van der Waals surface area contributed by atoms with Gasteiger partial charge in [0.05, 0.1) is 25.4 Å². The summed E-state index contributed by atoms with van der Waals surface area (Å²) >= 11 is 0. The second-order valence-corrected chi connectivity index (χ2v) is 10.0. The van der Waals surface area contributed by atoms with Crippen LogP contribution in [0.2, 0.25) is 0 Å². The number of unbranched alkanes of at least 4 members (excludes halogenated alkanes) is 2. The molecule has 34 heavy (non-hydrogen) atoms. The van der Waals surface area contributed by atoms with E-state index >= 15 is 0 Å². The third-order valence-corrected chi connectivity index (χ3v) is 7.48. The van der Waals surface area contributed by atoms with Crippen LogP contribution < -0.4 is 20.1 Å². The number of rotatable bonds is 11. The van der Waals surface area contributed by atoms with Gasteiger partial charge in [0.25, 0.3) is 5.91 Å². The summed E-state index contributed by atoms with van der Waals surface area (Å²) in [5.41, 5.74) is 7.88. The van der Waals surface area contributed by atoms with Crippen molar-refractivity contribution in [3.05, 3.63) is 59.7 Å². The van der Waals surface area contributed by atoms with E-state index in [1.165, 1.54) is 0 Å². The third-order valence-electron chi connectivity index (χ3n) is 5.70. The maximum Gasteiger partial charge on any atom is 0.329 e. The molecule has 2 amide bonds. The van der Waals surface area contributed by atoms with Crippen LogP contribution >= 0.6 is 0 Å². The normalized spacial score (nSPS) is 15.9. The van der Waals surface area contributed by atoms with Gasteiger partial charge in [-0.25, -0.2) is 8.61 Å². The van der Waals surface area contributed by atoms with Crippen LogP contribution in [0.15, 0.2) is 48.5 Å². The molecule has 2 aromatic rings. The Labute approximate surface area is 201 Å². The van der Waals surface area contributed by atoms with Gasteiger partial charge in [0.15, 0.2) is 0 Å². The Kier molecular flexibility index (Phi) is 8.51. The number of nitrogens with zero attached hydrogens (tertiary/aromatic N) is 2. The van der Waals surface area contributed by atoms with Gasteiger partial charge in [0, 0.05) is 6.54 Å². The van der Waals surface area contributed by atoms with Crippen molar-refractivity contribution < 1.29 is 22.7 Å². The summed E-state index contributed by atoms with van der Waals surface area (Å²) in [7, 11) is -2.47. The highest BCUT2D eigenvalue weighted by atomic mass is 32.2. The topological polar surface area (TPSA) is 122 Å². The lowest BCUT2D eigenvalue weighted by molar-refractivity contribution is -0.124. The van der Waals surface area contributed by atoms with E-state index in [0.29, 0.717) is 30.0 Å². The van der Waals surface area contributed by atoms with Gasteiger partial charge in [-0.05, 0) is 48.2 Å². The average Bonchev–Trinajstić information content (AvgIpc) is 3.06. The summed E-state index contributed by atoms with van der Waals surface area (Å²) in [5, 5.41) is 2.84. The SMILES string of the molecule is CCCCCNC(=O)C(N)Cc1ccc(N2CC(=O)N(Cc3ccc(OC)cc3)S2(=O)=O)cc1. The standard InChI is InChI=1S/C24H32N4O5S/c1-3-4-5-14-26-24(30)22(25)15-18-6-10-20(11-7-18)27-17-23(29)28(34(27,31)32)16-19-8-12-21(33-2)13-9-19/h6-13,22H,3-5,14-17,25H2,1-2H3,(H,26,30). The number of ether oxygens (including phenoxy) is 1. The van der Waals surface area contributed by atoms with Crippen LogP contribution in [0.4, 0.5) is 5.69 Å². The number of amides is 2. The van der Waals surface area contributed by atoms with E-state index < -0.39 is 22.2 Å². The van der Waals surface area contributed by atoms with E-state index in [-0.39, 0.29) is 19.0 Å². The van der Waals surface area contributed by atoms with Crippen molar-refractivity contribution in [2.45, 2.75) is 45.2 Å². The lowest BCUT2D eigenvalue weighted by Gasteiger charge is -2.20. The van der Waals surface area contributed by atoms with Crippen LogP contribution in [-0.4, -0.2) is 50.8 Å².